The summed E-state index contributed by atoms with van der Waals surface area (Å²) >= 11 is 0. The third-order valence-electron chi connectivity index (χ3n) is 3.70. The van der Waals surface area contributed by atoms with Crippen LogP contribution in [0.4, 0.5) is 17.6 Å². The Morgan fingerprint density at radius 3 is 2.15 bits per heavy atom. The molecule has 0 radical (unpaired) electrons. The number of aromatic nitrogens is 3. The van der Waals surface area contributed by atoms with Gasteiger partial charge in [0.25, 0.3) is 0 Å². The van der Waals surface area contributed by atoms with Crippen LogP contribution in [0.25, 0.3) is 0 Å². The van der Waals surface area contributed by atoms with E-state index in [9.17, 15) is 0 Å². The first-order valence-electron chi connectivity index (χ1n) is 8.25. The number of nitrogen functional groups attached to an aromatic ring is 1. The van der Waals surface area contributed by atoms with Crippen molar-refractivity contribution in [2.75, 3.05) is 25.3 Å². The van der Waals surface area contributed by atoms with Crippen LogP contribution in [0, 0.1) is 6.92 Å². The average Bonchev–Trinajstić information content (AvgIpc) is 2.67. The molecule has 3 rings (SSSR count). The van der Waals surface area contributed by atoms with Crippen LogP contribution in [0.1, 0.15) is 11.4 Å². The van der Waals surface area contributed by atoms with E-state index in [1.807, 2.05) is 31.2 Å². The number of nitrogens with one attached hydrogen (secondary N) is 1. The highest BCUT2D eigenvalue weighted by Gasteiger charge is 2.08. The van der Waals surface area contributed by atoms with Crippen molar-refractivity contribution in [2.45, 2.75) is 13.5 Å². The molecule has 0 atom stereocenters. The van der Waals surface area contributed by atoms with Crippen LogP contribution in [0.3, 0.4) is 0 Å². The van der Waals surface area contributed by atoms with E-state index in [1.54, 1.807) is 32.4 Å². The number of benzene rings is 2. The van der Waals surface area contributed by atoms with E-state index in [0.717, 1.165) is 5.69 Å². The summed E-state index contributed by atoms with van der Waals surface area (Å²) in [5.74, 6) is 2.69. The van der Waals surface area contributed by atoms with Crippen LogP contribution in [-0.4, -0.2) is 29.2 Å². The minimum absolute atomic E-state index is 0.112. The summed E-state index contributed by atoms with van der Waals surface area (Å²) in [5.41, 5.74) is 7.82. The van der Waals surface area contributed by atoms with Crippen molar-refractivity contribution < 1.29 is 14.2 Å². The normalized spacial score (nSPS) is 10.3. The quantitative estimate of drug-likeness (QED) is 0.656. The number of hydrogen-bond acceptors (Lipinski definition) is 8. The fourth-order valence-corrected chi connectivity index (χ4v) is 2.34. The Labute approximate surface area is 157 Å². The standard InChI is InChI=1S/C19H21N5O3/c1-12-4-6-13(7-5-12)21-19-23-17(22-18(20)24-19)11-27-16-9-14(25-2)8-15(10-16)26-3/h4-10H,11H2,1-3H3,(H3,20,21,22,23,24). The molecule has 0 amide bonds. The summed E-state index contributed by atoms with van der Waals surface area (Å²) < 4.78 is 16.2. The van der Waals surface area contributed by atoms with E-state index >= 15 is 0 Å². The monoisotopic (exact) mass is 367 g/mol. The number of nitrogens with two attached hydrogens (primary N) is 1. The summed E-state index contributed by atoms with van der Waals surface area (Å²) in [6, 6.07) is 13.1. The average molecular weight is 367 g/mol. The largest absolute Gasteiger partial charge is 0.496 e. The van der Waals surface area contributed by atoms with Gasteiger partial charge in [-0.3, -0.25) is 0 Å². The summed E-state index contributed by atoms with van der Waals surface area (Å²) in [7, 11) is 3.16. The molecule has 0 aliphatic carbocycles. The number of hydrogen-bond donors (Lipinski definition) is 2. The summed E-state index contributed by atoms with van der Waals surface area (Å²) in [6.07, 6.45) is 0. The van der Waals surface area contributed by atoms with Gasteiger partial charge in [0.1, 0.15) is 23.9 Å². The van der Waals surface area contributed by atoms with Gasteiger partial charge in [-0.25, -0.2) is 0 Å². The maximum absolute atomic E-state index is 5.80. The topological polar surface area (TPSA) is 104 Å². The molecule has 0 aliphatic heterocycles. The van der Waals surface area contributed by atoms with Gasteiger partial charge in [-0.1, -0.05) is 17.7 Å². The lowest BCUT2D eigenvalue weighted by Crippen LogP contribution is -2.09. The molecule has 140 valence electrons. The highest BCUT2D eigenvalue weighted by molar-refractivity contribution is 5.54. The molecule has 0 fully saturated rings. The molecule has 0 unspecified atom stereocenters. The molecule has 3 aromatic rings. The Balaban J connectivity index is 1.73. The second-order valence-corrected chi connectivity index (χ2v) is 5.76. The second kappa shape index (κ2) is 8.22. The van der Waals surface area contributed by atoms with Gasteiger partial charge < -0.3 is 25.3 Å². The lowest BCUT2D eigenvalue weighted by Gasteiger charge is -2.11. The van der Waals surface area contributed by atoms with Crippen LogP contribution in [0.5, 0.6) is 17.2 Å². The van der Waals surface area contributed by atoms with E-state index < -0.39 is 0 Å². The molecule has 8 nitrogen and oxygen atoms in total. The van der Waals surface area contributed by atoms with Gasteiger partial charge in [0.05, 0.1) is 14.2 Å². The lowest BCUT2D eigenvalue weighted by molar-refractivity contribution is 0.291. The SMILES string of the molecule is COc1cc(OC)cc(OCc2nc(N)nc(Nc3ccc(C)cc3)n2)c1. The smallest absolute Gasteiger partial charge is 0.232 e. The van der Waals surface area contributed by atoms with Gasteiger partial charge in [-0.15, -0.1) is 0 Å². The van der Waals surface area contributed by atoms with Crippen molar-refractivity contribution in [2.24, 2.45) is 0 Å². The van der Waals surface area contributed by atoms with E-state index in [2.05, 4.69) is 20.3 Å². The van der Waals surface area contributed by atoms with Crippen molar-refractivity contribution in [1.29, 1.82) is 0 Å². The zero-order valence-electron chi connectivity index (χ0n) is 15.4. The number of nitrogens with zero attached hydrogens (tertiary/aromatic N) is 3. The van der Waals surface area contributed by atoms with Crippen LogP contribution in [0.15, 0.2) is 42.5 Å². The van der Waals surface area contributed by atoms with Crippen molar-refractivity contribution in [3.63, 3.8) is 0 Å². The zero-order chi connectivity index (χ0) is 19.2. The number of anilines is 3. The minimum atomic E-state index is 0.112. The molecule has 0 spiro atoms. The molecular formula is C19H21N5O3. The van der Waals surface area contributed by atoms with Gasteiger partial charge in [-0.2, -0.15) is 15.0 Å². The van der Waals surface area contributed by atoms with Crippen molar-refractivity contribution in [3.8, 4) is 17.2 Å². The fraction of sp³-hybridized carbons (Fsp3) is 0.211. The van der Waals surface area contributed by atoms with Crippen molar-refractivity contribution >= 4 is 17.6 Å². The lowest BCUT2D eigenvalue weighted by atomic mass is 10.2. The number of rotatable bonds is 7. The van der Waals surface area contributed by atoms with Crippen LogP contribution in [-0.2, 0) is 6.61 Å². The number of aryl methyl sites for hydroxylation is 1. The summed E-state index contributed by atoms with van der Waals surface area (Å²) in [5, 5.41) is 3.11. The summed E-state index contributed by atoms with van der Waals surface area (Å²) in [4.78, 5) is 12.6. The second-order valence-electron chi connectivity index (χ2n) is 5.76. The van der Waals surface area contributed by atoms with Gasteiger partial charge in [-0.05, 0) is 19.1 Å². The van der Waals surface area contributed by atoms with Crippen LogP contribution >= 0.6 is 0 Å². The third-order valence-corrected chi connectivity index (χ3v) is 3.70. The van der Waals surface area contributed by atoms with E-state index in [0.29, 0.717) is 29.0 Å². The van der Waals surface area contributed by atoms with Crippen LogP contribution in [0.2, 0.25) is 0 Å². The molecule has 27 heavy (non-hydrogen) atoms. The maximum Gasteiger partial charge on any atom is 0.232 e. The Kier molecular flexibility index (Phi) is 5.55. The van der Waals surface area contributed by atoms with Crippen molar-refractivity contribution in [1.82, 2.24) is 15.0 Å². The third kappa shape index (κ3) is 4.97. The Hall–Kier alpha value is -3.55. The minimum Gasteiger partial charge on any atom is -0.496 e. The van der Waals surface area contributed by atoms with Gasteiger partial charge in [0.2, 0.25) is 11.9 Å². The summed E-state index contributed by atoms with van der Waals surface area (Å²) in [6.45, 7) is 2.14. The predicted octanol–water partition coefficient (Wildman–Crippen LogP) is 3.10. The molecule has 0 aliphatic rings. The number of methoxy groups -OCH3 is 2. The first-order chi connectivity index (χ1) is 13.1. The molecule has 3 N–H and O–H groups in total. The molecule has 0 saturated carbocycles. The molecule has 8 heteroatoms. The first kappa shape index (κ1) is 18.2. The Morgan fingerprint density at radius 2 is 1.52 bits per heavy atom. The van der Waals surface area contributed by atoms with Crippen molar-refractivity contribution in [3.05, 3.63) is 53.9 Å². The molecule has 0 bridgehead atoms. The zero-order valence-corrected chi connectivity index (χ0v) is 15.4. The molecule has 1 heterocycles. The van der Waals surface area contributed by atoms with E-state index in [-0.39, 0.29) is 12.6 Å². The van der Waals surface area contributed by atoms with Gasteiger partial charge in [0.15, 0.2) is 5.82 Å². The van der Waals surface area contributed by atoms with E-state index in [4.69, 9.17) is 19.9 Å². The molecular weight excluding hydrogens is 346 g/mol. The predicted molar refractivity (Wildman–Crippen MR) is 103 cm³/mol. The highest BCUT2D eigenvalue weighted by Crippen LogP contribution is 2.27. The van der Waals surface area contributed by atoms with E-state index in [1.165, 1.54) is 5.56 Å². The molecule has 1 aromatic heterocycles. The fourth-order valence-electron chi connectivity index (χ4n) is 2.34. The van der Waals surface area contributed by atoms with Gasteiger partial charge in [0, 0.05) is 23.9 Å². The molecule has 0 saturated heterocycles. The Bertz CT molecular complexity index is 893. The van der Waals surface area contributed by atoms with Crippen LogP contribution < -0.4 is 25.3 Å². The first-order valence-corrected chi connectivity index (χ1v) is 8.25. The highest BCUT2D eigenvalue weighted by atomic mass is 16.5. The maximum atomic E-state index is 5.80. The number of ether oxygens (including phenoxy) is 3. The van der Waals surface area contributed by atoms with Gasteiger partial charge >= 0.3 is 0 Å². The Morgan fingerprint density at radius 1 is 0.889 bits per heavy atom. The molecule has 2 aromatic carbocycles.